The highest BCUT2D eigenvalue weighted by Gasteiger charge is 2.35. The Bertz CT molecular complexity index is 1660. The van der Waals surface area contributed by atoms with Crippen LogP contribution in [0.2, 0.25) is 0 Å². The van der Waals surface area contributed by atoms with E-state index in [0.29, 0.717) is 36.5 Å². The molecule has 1 N–H and O–H groups in total. The predicted molar refractivity (Wildman–Crippen MR) is 159 cm³/mol. The van der Waals surface area contributed by atoms with Crippen molar-refractivity contribution in [1.82, 2.24) is 10.3 Å². The molecule has 3 aromatic rings. The van der Waals surface area contributed by atoms with Crippen LogP contribution in [0.5, 0.6) is 5.88 Å². The van der Waals surface area contributed by atoms with E-state index in [1.54, 1.807) is 37.4 Å². The van der Waals surface area contributed by atoms with Gasteiger partial charge in [0.05, 0.1) is 34.2 Å². The Morgan fingerprint density at radius 2 is 1.97 bits per heavy atom. The van der Waals surface area contributed by atoms with E-state index >= 15 is 0 Å². The van der Waals surface area contributed by atoms with Crippen LogP contribution in [0.15, 0.2) is 69.4 Å². The maximum Gasteiger partial charge on any atom is 0.232 e. The third-order valence-corrected chi connectivity index (χ3v) is 13.8. The van der Waals surface area contributed by atoms with E-state index in [4.69, 9.17) is 4.74 Å². The molecule has 0 spiro atoms. The number of methoxy groups -OCH3 is 1. The van der Waals surface area contributed by atoms with Gasteiger partial charge in [-0.15, -0.1) is 0 Å². The number of nitrogens with one attached hydrogen (secondary N) is 1. The number of sulfone groups is 1. The van der Waals surface area contributed by atoms with Crippen molar-refractivity contribution in [2.45, 2.75) is 46.4 Å². The number of ketones is 1. The van der Waals surface area contributed by atoms with Crippen molar-refractivity contribution in [3.63, 3.8) is 0 Å². The highest BCUT2D eigenvalue weighted by molar-refractivity contribution is 14.2. The summed E-state index contributed by atoms with van der Waals surface area (Å²) in [6, 6.07) is 16.0. The van der Waals surface area contributed by atoms with Crippen molar-refractivity contribution in [3.8, 4) is 5.88 Å². The lowest BCUT2D eigenvalue weighted by atomic mass is 9.87. The highest BCUT2D eigenvalue weighted by atomic mass is 127. The molecule has 1 unspecified atom stereocenters. The van der Waals surface area contributed by atoms with Crippen LogP contribution in [0.1, 0.15) is 37.2 Å². The van der Waals surface area contributed by atoms with Crippen LogP contribution in [0.3, 0.4) is 0 Å². The molecule has 1 fully saturated rings. The number of rotatable bonds is 6. The van der Waals surface area contributed by atoms with Crippen molar-refractivity contribution in [1.29, 1.82) is 0 Å². The summed E-state index contributed by atoms with van der Waals surface area (Å²) in [4.78, 5) is 32.7. The molecule has 2 atom stereocenters. The molecule has 0 bridgehead atoms. The summed E-state index contributed by atoms with van der Waals surface area (Å²) in [5.41, 5.74) is 1.89. The summed E-state index contributed by atoms with van der Waals surface area (Å²) in [5, 5.41) is 4.02. The molecule has 2 aliphatic heterocycles. The first kappa shape index (κ1) is 26.5. The molecule has 11 heteroatoms. The van der Waals surface area contributed by atoms with Crippen LogP contribution in [-0.4, -0.2) is 42.2 Å². The molecule has 3 heterocycles. The van der Waals surface area contributed by atoms with Gasteiger partial charge in [-0.2, -0.15) is 0 Å². The van der Waals surface area contributed by atoms with Gasteiger partial charge in [-0.1, -0.05) is 18.2 Å². The molecule has 8 nitrogen and oxygen atoms in total. The fourth-order valence-electron chi connectivity index (χ4n) is 5.36. The molecule has 1 amide bonds. The minimum Gasteiger partial charge on any atom is -0.481 e. The van der Waals surface area contributed by atoms with Crippen molar-refractivity contribution >= 4 is 68.4 Å². The van der Waals surface area contributed by atoms with Gasteiger partial charge in [0.15, 0.2) is 0 Å². The van der Waals surface area contributed by atoms with E-state index in [1.165, 1.54) is 11.8 Å². The molecule has 1 saturated carbocycles. The Labute approximate surface area is 241 Å². The lowest BCUT2D eigenvalue weighted by Gasteiger charge is -2.31. The zero-order valence-corrected chi connectivity index (χ0v) is 25.1. The van der Waals surface area contributed by atoms with Gasteiger partial charge in [0, 0.05) is 29.5 Å². The number of fused-ring (bicyclic) bond motifs is 3. The number of nitrogens with zero attached hydrogens (tertiary/aromatic N) is 2. The average Bonchev–Trinajstić information content (AvgIpc) is 3.54. The first-order valence-electron chi connectivity index (χ1n) is 12.5. The molecule has 0 radical (unpaired) electrons. The fraction of sp³-hybridized carbons (Fsp3) is 0.286. The monoisotopic (exact) mass is 675 g/mol. The van der Waals surface area contributed by atoms with E-state index in [0.717, 1.165) is 23.5 Å². The fourth-order valence-corrected chi connectivity index (χ4v) is 11.5. The van der Waals surface area contributed by atoms with Crippen molar-refractivity contribution in [3.05, 3.63) is 63.7 Å². The number of benzene rings is 2. The Morgan fingerprint density at radius 3 is 2.74 bits per heavy atom. The van der Waals surface area contributed by atoms with E-state index in [-0.39, 0.29) is 27.4 Å². The summed E-state index contributed by atoms with van der Waals surface area (Å²) < 4.78 is 34.1. The second-order valence-corrected chi connectivity index (χ2v) is 16.2. The molecule has 1 aromatic heterocycles. The predicted octanol–water partition coefficient (Wildman–Crippen LogP) is 5.00. The number of hydrogen-bond donors (Lipinski definition) is 1. The van der Waals surface area contributed by atoms with Crippen LogP contribution in [-0.2, 0) is 19.4 Å². The number of para-hydroxylation sites is 1. The Hall–Kier alpha value is -2.77. The largest absolute Gasteiger partial charge is 0.481 e. The van der Waals surface area contributed by atoms with Crippen LogP contribution < -0.4 is 15.0 Å². The quantitative estimate of drug-likeness (QED) is 0.365. The standard InChI is InChI=1S/C28H26IN3O5S2/c1-32-21-5-3-4-6-23(21)39(35,36)24-11-8-17(15-22(24)32)19(14-16-7-9-18(33)13-16)26(34)31-28-29-20-10-12-25(37-2)30-27(20)38-28/h3-6,8,10-12,15-16,19H,7,9,13-14H2,1-2H3,(H,31,34)/t16-,19?/m0/s1. The number of carbonyl (C=O) groups excluding carboxylic acids is 2. The zero-order valence-electron chi connectivity index (χ0n) is 21.3. The van der Waals surface area contributed by atoms with Gasteiger partial charge in [0.25, 0.3) is 0 Å². The van der Waals surface area contributed by atoms with Gasteiger partial charge in [0.2, 0.25) is 21.6 Å². The first-order valence-corrected chi connectivity index (χ1v) is 17.0. The maximum atomic E-state index is 13.8. The second-order valence-electron chi connectivity index (χ2n) is 9.79. The van der Waals surface area contributed by atoms with E-state index in [9.17, 15) is 18.0 Å². The number of thioether (sulfide) groups is 1. The van der Waals surface area contributed by atoms with Gasteiger partial charge in [-0.25, -0.2) is 13.4 Å². The van der Waals surface area contributed by atoms with Crippen LogP contribution in [0, 0.1) is 9.49 Å². The Morgan fingerprint density at radius 1 is 1.18 bits per heavy atom. The lowest BCUT2D eigenvalue weighted by Crippen LogP contribution is -2.33. The molecule has 0 saturated heterocycles. The highest BCUT2D eigenvalue weighted by Crippen LogP contribution is 2.45. The number of hydrogen-bond acceptors (Lipinski definition) is 8. The SMILES string of the molecule is COc1ccc2c(n1)SC(NC(=O)C(C[C@H]1CCC(=O)C1)c1ccc3c(c1)N(C)c1ccccc1S3(=O)=O)=I2. The number of pyridine rings is 1. The number of anilines is 2. The van der Waals surface area contributed by atoms with Crippen LogP contribution >= 0.6 is 32.5 Å². The second kappa shape index (κ2) is 10.3. The maximum absolute atomic E-state index is 13.8. The lowest BCUT2D eigenvalue weighted by molar-refractivity contribution is -0.122. The molecule has 6 rings (SSSR count). The average molecular weight is 676 g/mol. The molecule has 2 aromatic carbocycles. The van der Waals surface area contributed by atoms with Crippen LogP contribution in [0.4, 0.5) is 11.4 Å². The first-order chi connectivity index (χ1) is 18.7. The Kier molecular flexibility index (Phi) is 7.00. The van der Waals surface area contributed by atoms with Gasteiger partial charge < -0.3 is 15.0 Å². The molecule has 39 heavy (non-hydrogen) atoms. The van der Waals surface area contributed by atoms with E-state index < -0.39 is 36.5 Å². The minimum absolute atomic E-state index is 0.116. The Balaban J connectivity index is 1.33. The van der Waals surface area contributed by atoms with Crippen molar-refractivity contribution in [2.24, 2.45) is 5.92 Å². The summed E-state index contributed by atoms with van der Waals surface area (Å²) in [6.07, 6.45) is 2.31. The smallest absolute Gasteiger partial charge is 0.232 e. The van der Waals surface area contributed by atoms with E-state index in [2.05, 4.69) is 10.3 Å². The summed E-state index contributed by atoms with van der Waals surface area (Å²) in [6.45, 7) is 0. The third kappa shape index (κ3) is 4.89. The zero-order chi connectivity index (χ0) is 27.3. The number of carbonyl (C=O) groups is 2. The van der Waals surface area contributed by atoms with E-state index in [1.807, 2.05) is 36.2 Å². The van der Waals surface area contributed by atoms with Crippen LogP contribution in [0.25, 0.3) is 0 Å². The van der Waals surface area contributed by atoms with Gasteiger partial charge >= 0.3 is 0 Å². The number of aromatic nitrogens is 1. The van der Waals surface area contributed by atoms with Gasteiger partial charge in [0.1, 0.15) is 13.8 Å². The van der Waals surface area contributed by atoms with Gasteiger partial charge in [-0.05, 0) is 87.1 Å². The number of ether oxygens (including phenoxy) is 1. The normalized spacial score (nSPS) is 19.7. The number of halogens is 1. The molecule has 202 valence electrons. The molecule has 3 aliphatic rings. The molecular formula is C28H26IN3O5S2. The number of amides is 1. The van der Waals surface area contributed by atoms with Crippen molar-refractivity contribution in [2.75, 3.05) is 19.1 Å². The third-order valence-electron chi connectivity index (χ3n) is 7.38. The molecule has 1 aliphatic carbocycles. The number of Topliss-reactive ketones (excluding diaryl/α,β-unsaturated/α-hetero) is 1. The summed E-state index contributed by atoms with van der Waals surface area (Å²) >= 11 is 0.881. The molecular weight excluding hydrogens is 649 g/mol. The minimum atomic E-state index is -3.69. The summed E-state index contributed by atoms with van der Waals surface area (Å²) in [7, 11) is -0.269. The van der Waals surface area contributed by atoms with Crippen molar-refractivity contribution < 1.29 is 22.7 Å². The van der Waals surface area contributed by atoms with Gasteiger partial charge in [-0.3, -0.25) is 9.59 Å². The topological polar surface area (TPSA) is 106 Å². The summed E-state index contributed by atoms with van der Waals surface area (Å²) in [5.74, 6) is 0.219.